The second kappa shape index (κ2) is 8.46. The summed E-state index contributed by atoms with van der Waals surface area (Å²) in [5.41, 5.74) is 2.30. The van der Waals surface area contributed by atoms with Crippen molar-refractivity contribution in [2.45, 2.75) is 18.6 Å². The van der Waals surface area contributed by atoms with E-state index in [1.165, 1.54) is 7.05 Å². The molecular weight excluding hydrogens is 344 g/mol. The fourth-order valence-electron chi connectivity index (χ4n) is 2.95. The number of amides is 2. The van der Waals surface area contributed by atoms with Gasteiger partial charge >= 0.3 is 0 Å². The molecule has 0 radical (unpaired) electrons. The highest BCUT2D eigenvalue weighted by Crippen LogP contribution is 2.34. The van der Waals surface area contributed by atoms with Crippen LogP contribution in [0.2, 0.25) is 0 Å². The molecule has 0 fully saturated rings. The number of anilines is 1. The lowest BCUT2D eigenvalue weighted by molar-refractivity contribution is -0.128. The van der Waals surface area contributed by atoms with Gasteiger partial charge in [-0.1, -0.05) is 48.5 Å². The molecular formula is C20H22N4O3. The lowest BCUT2D eigenvalue weighted by Gasteiger charge is -2.23. The van der Waals surface area contributed by atoms with E-state index < -0.39 is 17.9 Å². The molecule has 0 bridgehead atoms. The summed E-state index contributed by atoms with van der Waals surface area (Å²) in [4.78, 5) is 23.9. The first-order valence-corrected chi connectivity index (χ1v) is 8.74. The summed E-state index contributed by atoms with van der Waals surface area (Å²) < 4.78 is 0. The summed E-state index contributed by atoms with van der Waals surface area (Å²) in [6.07, 6.45) is -0.864. The number of rotatable bonds is 6. The van der Waals surface area contributed by atoms with Crippen LogP contribution < -0.4 is 15.6 Å². The predicted molar refractivity (Wildman–Crippen MR) is 103 cm³/mol. The molecule has 0 saturated carbocycles. The van der Waals surface area contributed by atoms with Crippen LogP contribution in [-0.4, -0.2) is 42.3 Å². The first-order chi connectivity index (χ1) is 13.1. The maximum atomic E-state index is 12.5. The van der Waals surface area contributed by atoms with E-state index in [0.29, 0.717) is 12.1 Å². The van der Waals surface area contributed by atoms with Gasteiger partial charge in [-0.25, -0.2) is 0 Å². The molecule has 0 aliphatic carbocycles. The van der Waals surface area contributed by atoms with E-state index >= 15 is 0 Å². The lowest BCUT2D eigenvalue weighted by Crippen LogP contribution is -2.43. The molecule has 1 heterocycles. The number of hydrogen-bond acceptors (Lipinski definition) is 5. The summed E-state index contributed by atoms with van der Waals surface area (Å²) in [5.74, 6) is -0.936. The monoisotopic (exact) mass is 366 g/mol. The van der Waals surface area contributed by atoms with Crippen LogP contribution in [0.5, 0.6) is 0 Å². The average Bonchev–Trinajstić information content (AvgIpc) is 3.18. The Balaban J connectivity index is 1.78. The van der Waals surface area contributed by atoms with E-state index in [0.717, 1.165) is 11.3 Å². The maximum absolute atomic E-state index is 12.5. The number of carbonyl (C=O) groups excluding carboxylic acids is 2. The Kier molecular flexibility index (Phi) is 5.83. The van der Waals surface area contributed by atoms with Gasteiger partial charge in [0.05, 0.1) is 18.3 Å². The van der Waals surface area contributed by atoms with Crippen molar-refractivity contribution in [3.05, 3.63) is 66.2 Å². The Morgan fingerprint density at radius 1 is 1.15 bits per heavy atom. The number of para-hydroxylation sites is 1. The number of hydrazone groups is 1. The minimum atomic E-state index is -1.30. The summed E-state index contributed by atoms with van der Waals surface area (Å²) >= 11 is 0. The Labute approximate surface area is 157 Å². The smallest absolute Gasteiger partial charge is 0.267 e. The van der Waals surface area contributed by atoms with Crippen molar-refractivity contribution in [3.8, 4) is 0 Å². The first kappa shape index (κ1) is 18.6. The third-order valence-corrected chi connectivity index (χ3v) is 4.38. The molecule has 7 nitrogen and oxygen atoms in total. The molecule has 2 atom stereocenters. The van der Waals surface area contributed by atoms with Crippen molar-refractivity contribution in [2.24, 2.45) is 5.10 Å². The normalized spacial score (nSPS) is 17.2. The fraction of sp³-hybridized carbons (Fsp3) is 0.250. The summed E-state index contributed by atoms with van der Waals surface area (Å²) in [6.45, 7) is -0.168. The number of hydrogen-bond donors (Lipinski definition) is 3. The number of aliphatic hydroxyl groups excluding tert-OH is 1. The number of aliphatic hydroxyl groups is 1. The van der Waals surface area contributed by atoms with Crippen LogP contribution in [-0.2, 0) is 9.59 Å². The highest BCUT2D eigenvalue weighted by atomic mass is 16.3. The second-order valence-corrected chi connectivity index (χ2v) is 6.20. The van der Waals surface area contributed by atoms with Crippen LogP contribution in [0.15, 0.2) is 65.8 Å². The van der Waals surface area contributed by atoms with Gasteiger partial charge in [0.1, 0.15) is 11.8 Å². The van der Waals surface area contributed by atoms with Gasteiger partial charge in [0, 0.05) is 13.5 Å². The molecule has 27 heavy (non-hydrogen) atoms. The molecule has 2 aromatic rings. The fourth-order valence-corrected chi connectivity index (χ4v) is 2.95. The van der Waals surface area contributed by atoms with Crippen molar-refractivity contribution >= 4 is 23.2 Å². The minimum absolute atomic E-state index is 0.0989. The third kappa shape index (κ3) is 4.32. The first-order valence-electron chi connectivity index (χ1n) is 8.74. The van der Waals surface area contributed by atoms with E-state index in [1.807, 2.05) is 65.7 Å². The Bertz CT molecular complexity index is 824. The molecule has 7 heteroatoms. The molecule has 3 rings (SSSR count). The molecule has 3 N–H and O–H groups in total. The molecule has 1 aliphatic heterocycles. The number of carbonyl (C=O) groups is 2. The minimum Gasteiger partial charge on any atom is -0.381 e. The van der Waals surface area contributed by atoms with Gasteiger partial charge in [-0.05, 0) is 17.7 Å². The van der Waals surface area contributed by atoms with Crippen LogP contribution in [0.4, 0.5) is 5.69 Å². The van der Waals surface area contributed by atoms with Gasteiger partial charge in [-0.15, -0.1) is 0 Å². The maximum Gasteiger partial charge on any atom is 0.267 e. The van der Waals surface area contributed by atoms with Gasteiger partial charge in [0.15, 0.2) is 0 Å². The molecule has 2 amide bonds. The summed E-state index contributed by atoms with van der Waals surface area (Å²) in [5, 5.41) is 21.0. The Morgan fingerprint density at radius 3 is 2.41 bits per heavy atom. The molecule has 0 spiro atoms. The number of nitrogens with one attached hydrogen (secondary N) is 2. The van der Waals surface area contributed by atoms with Crippen molar-refractivity contribution in [3.63, 3.8) is 0 Å². The van der Waals surface area contributed by atoms with E-state index in [4.69, 9.17) is 0 Å². The van der Waals surface area contributed by atoms with Gasteiger partial charge in [0.2, 0.25) is 5.91 Å². The zero-order valence-electron chi connectivity index (χ0n) is 15.0. The third-order valence-electron chi connectivity index (χ3n) is 4.38. The summed E-state index contributed by atoms with van der Waals surface area (Å²) in [7, 11) is 1.43. The molecule has 1 aliphatic rings. The molecule has 140 valence electrons. The highest BCUT2D eigenvalue weighted by Gasteiger charge is 2.32. The zero-order valence-corrected chi connectivity index (χ0v) is 15.0. The highest BCUT2D eigenvalue weighted by molar-refractivity contribution is 6.39. The van der Waals surface area contributed by atoms with Crippen LogP contribution >= 0.6 is 0 Å². The van der Waals surface area contributed by atoms with E-state index in [9.17, 15) is 14.7 Å². The Morgan fingerprint density at radius 2 is 1.78 bits per heavy atom. The van der Waals surface area contributed by atoms with E-state index in [-0.39, 0.29) is 12.6 Å². The number of likely N-dealkylation sites (N-methyl/N-ethyl adjacent to an activating group) is 1. The quantitative estimate of drug-likeness (QED) is 0.716. The molecule has 0 saturated heterocycles. The SMILES string of the molecule is CNC(=O)[C@H](O)CNC(=O)C1=NN(c2ccccc2)[C@@H](c2ccccc2)C1. The van der Waals surface area contributed by atoms with Crippen LogP contribution in [0.25, 0.3) is 0 Å². The standard InChI is InChI=1S/C20H22N4O3/c1-21-20(27)18(25)13-22-19(26)16-12-17(14-8-4-2-5-9-14)24(23-16)15-10-6-3-7-11-15/h2-11,17-18,25H,12-13H2,1H3,(H,21,27)(H,22,26)/t17-,18-/m1/s1. The molecule has 0 aromatic heterocycles. The van der Waals surface area contributed by atoms with Gasteiger partial charge in [-0.2, -0.15) is 5.10 Å². The molecule has 2 aromatic carbocycles. The van der Waals surface area contributed by atoms with Gasteiger partial charge in [-0.3, -0.25) is 14.6 Å². The second-order valence-electron chi connectivity index (χ2n) is 6.20. The van der Waals surface area contributed by atoms with Crippen molar-refractivity contribution in [1.82, 2.24) is 10.6 Å². The average molecular weight is 366 g/mol. The van der Waals surface area contributed by atoms with Crippen LogP contribution in [0.3, 0.4) is 0 Å². The Hall–Kier alpha value is -3.19. The van der Waals surface area contributed by atoms with Crippen molar-refractivity contribution < 1.29 is 14.7 Å². The van der Waals surface area contributed by atoms with Crippen molar-refractivity contribution in [1.29, 1.82) is 0 Å². The van der Waals surface area contributed by atoms with E-state index in [2.05, 4.69) is 15.7 Å². The number of benzene rings is 2. The van der Waals surface area contributed by atoms with Gasteiger partial charge in [0.25, 0.3) is 5.91 Å². The zero-order chi connectivity index (χ0) is 19.2. The van der Waals surface area contributed by atoms with Gasteiger partial charge < -0.3 is 15.7 Å². The van der Waals surface area contributed by atoms with Crippen LogP contribution in [0, 0.1) is 0 Å². The number of nitrogens with zero attached hydrogens (tertiary/aromatic N) is 2. The molecule has 0 unspecified atom stereocenters. The van der Waals surface area contributed by atoms with Crippen molar-refractivity contribution in [2.75, 3.05) is 18.6 Å². The van der Waals surface area contributed by atoms with E-state index in [1.54, 1.807) is 0 Å². The topological polar surface area (TPSA) is 94.0 Å². The summed E-state index contributed by atoms with van der Waals surface area (Å²) in [6, 6.07) is 19.4. The lowest BCUT2D eigenvalue weighted by atomic mass is 10.0. The van der Waals surface area contributed by atoms with Crippen LogP contribution in [0.1, 0.15) is 18.0 Å². The predicted octanol–water partition coefficient (Wildman–Crippen LogP) is 1.22. The largest absolute Gasteiger partial charge is 0.381 e.